The van der Waals surface area contributed by atoms with Gasteiger partial charge in [0.2, 0.25) is 0 Å². The van der Waals surface area contributed by atoms with Crippen LogP contribution in [0.25, 0.3) is 70.9 Å². The Morgan fingerprint density at radius 1 is 0.383 bits per heavy atom. The van der Waals surface area contributed by atoms with Crippen LogP contribution in [-0.4, -0.2) is 4.57 Å². The number of benzene rings is 9. The maximum Gasteiger partial charge on any atom is 0.0543 e. The molecule has 0 aliphatic carbocycles. The molecule has 2 nitrogen and oxygen atoms in total. The third-order valence-electron chi connectivity index (χ3n) is 12.8. The lowest BCUT2D eigenvalue weighted by molar-refractivity contribution is 0.569. The Morgan fingerprint density at radius 3 is 1.50 bits per heavy atom. The number of aromatic nitrogens is 1. The molecule has 2 heteroatoms. The molecule has 0 bridgehead atoms. The molecule has 1 aromatic heterocycles. The van der Waals surface area contributed by atoms with Crippen LogP contribution < -0.4 is 4.90 Å². The van der Waals surface area contributed by atoms with Crippen LogP contribution in [0.5, 0.6) is 0 Å². The van der Waals surface area contributed by atoms with E-state index in [-0.39, 0.29) is 16.2 Å². The van der Waals surface area contributed by atoms with Crippen molar-refractivity contribution in [1.29, 1.82) is 0 Å². The van der Waals surface area contributed by atoms with Crippen LogP contribution in [0.2, 0.25) is 0 Å². The fourth-order valence-corrected chi connectivity index (χ4v) is 9.40. The first kappa shape index (κ1) is 37.9. The number of fused-ring (bicyclic) bond motifs is 3. The van der Waals surface area contributed by atoms with Crippen molar-refractivity contribution < 1.29 is 0 Å². The highest BCUT2D eigenvalue weighted by Gasteiger charge is 2.27. The fraction of sp³-hybridized carbons (Fsp3) is 0.207. The number of nitrogens with zero attached hydrogens (tertiary/aromatic N) is 2. The summed E-state index contributed by atoms with van der Waals surface area (Å²) in [5.41, 5.74) is 13.5. The van der Waals surface area contributed by atoms with Gasteiger partial charge in [0, 0.05) is 32.8 Å². The average Bonchev–Trinajstić information content (AvgIpc) is 3.56. The summed E-state index contributed by atoms with van der Waals surface area (Å²) in [5.74, 6) is 0. The first-order valence-corrected chi connectivity index (χ1v) is 21.5. The number of hydrogen-bond donors (Lipinski definition) is 0. The van der Waals surface area contributed by atoms with E-state index in [9.17, 15) is 0 Å². The van der Waals surface area contributed by atoms with Gasteiger partial charge in [-0.1, -0.05) is 184 Å². The van der Waals surface area contributed by atoms with Gasteiger partial charge in [0.15, 0.2) is 0 Å². The number of hydrogen-bond acceptors (Lipinski definition) is 1. The van der Waals surface area contributed by atoms with E-state index in [2.05, 4.69) is 236 Å². The molecule has 9 aromatic carbocycles. The van der Waals surface area contributed by atoms with E-state index >= 15 is 0 Å². The van der Waals surface area contributed by atoms with E-state index in [1.54, 1.807) is 0 Å². The van der Waals surface area contributed by atoms with Crippen molar-refractivity contribution in [2.75, 3.05) is 4.90 Å². The number of rotatable bonds is 5. The second-order valence-corrected chi connectivity index (χ2v) is 19.9. The average molecular weight is 779 g/mol. The van der Waals surface area contributed by atoms with Gasteiger partial charge < -0.3 is 9.47 Å². The van der Waals surface area contributed by atoms with Gasteiger partial charge in [0.05, 0.1) is 28.1 Å². The lowest BCUT2D eigenvalue weighted by Gasteiger charge is -2.32. The third-order valence-corrected chi connectivity index (χ3v) is 12.8. The molecule has 1 heterocycles. The summed E-state index contributed by atoms with van der Waals surface area (Å²) >= 11 is 0. The Labute approximate surface area is 355 Å². The molecule has 0 atom stereocenters. The zero-order valence-corrected chi connectivity index (χ0v) is 36.5. The highest BCUT2D eigenvalue weighted by Crippen LogP contribution is 2.49. The van der Waals surface area contributed by atoms with Crippen molar-refractivity contribution in [2.24, 2.45) is 0 Å². The Bertz CT molecular complexity index is 3160. The maximum atomic E-state index is 2.53. The van der Waals surface area contributed by atoms with Crippen LogP contribution >= 0.6 is 0 Å². The molecular weight excluding hydrogens is 725 g/mol. The zero-order chi connectivity index (χ0) is 41.7. The highest BCUT2D eigenvalue weighted by atomic mass is 15.1. The quantitative estimate of drug-likeness (QED) is 0.158. The largest absolute Gasteiger partial charge is 0.309 e. The van der Waals surface area contributed by atoms with E-state index in [1.165, 1.54) is 99.0 Å². The predicted molar refractivity (Wildman–Crippen MR) is 261 cm³/mol. The summed E-state index contributed by atoms with van der Waals surface area (Å²) in [6.07, 6.45) is 0. The molecular formula is C58H54N2. The monoisotopic (exact) mass is 778 g/mol. The van der Waals surface area contributed by atoms with Crippen LogP contribution in [0.3, 0.4) is 0 Å². The Balaban J connectivity index is 1.28. The summed E-state index contributed by atoms with van der Waals surface area (Å²) in [5, 5.41) is 10.1. The summed E-state index contributed by atoms with van der Waals surface area (Å²) in [7, 11) is 0. The van der Waals surface area contributed by atoms with Crippen LogP contribution in [0.15, 0.2) is 164 Å². The number of anilines is 3. The molecule has 10 rings (SSSR count). The summed E-state index contributed by atoms with van der Waals surface area (Å²) in [6.45, 7) is 20.9. The minimum Gasteiger partial charge on any atom is -0.309 e. The van der Waals surface area contributed by atoms with Gasteiger partial charge in [-0.3, -0.25) is 0 Å². The third kappa shape index (κ3) is 6.15. The predicted octanol–water partition coefficient (Wildman–Crippen LogP) is 16.7. The van der Waals surface area contributed by atoms with Gasteiger partial charge in [-0.05, 0) is 103 Å². The topological polar surface area (TPSA) is 8.17 Å². The number of para-hydroxylation sites is 3. The van der Waals surface area contributed by atoms with Gasteiger partial charge in [-0.15, -0.1) is 0 Å². The lowest BCUT2D eigenvalue weighted by Crippen LogP contribution is -2.18. The molecule has 0 aliphatic rings. The molecule has 296 valence electrons. The lowest BCUT2D eigenvalue weighted by atomic mass is 9.78. The van der Waals surface area contributed by atoms with Crippen LogP contribution in [0, 0.1) is 0 Å². The minimum absolute atomic E-state index is 0.00913. The highest BCUT2D eigenvalue weighted by molar-refractivity contribution is 6.27. The van der Waals surface area contributed by atoms with Crippen molar-refractivity contribution in [3.8, 4) is 16.8 Å². The summed E-state index contributed by atoms with van der Waals surface area (Å²) in [4.78, 5) is 2.53. The fourth-order valence-electron chi connectivity index (χ4n) is 9.40. The van der Waals surface area contributed by atoms with Crippen LogP contribution in [-0.2, 0) is 16.2 Å². The first-order valence-electron chi connectivity index (χ1n) is 21.5. The molecule has 10 aromatic rings. The molecule has 0 saturated carbocycles. The van der Waals surface area contributed by atoms with Gasteiger partial charge in [0.25, 0.3) is 0 Å². The van der Waals surface area contributed by atoms with E-state index in [0.717, 1.165) is 5.69 Å². The van der Waals surface area contributed by atoms with E-state index in [0.29, 0.717) is 0 Å². The van der Waals surface area contributed by atoms with Crippen molar-refractivity contribution >= 4 is 71.2 Å². The molecule has 0 aliphatic heterocycles. The van der Waals surface area contributed by atoms with E-state index in [1.807, 2.05) is 0 Å². The summed E-state index contributed by atoms with van der Waals surface area (Å²) in [6, 6.07) is 61.8. The van der Waals surface area contributed by atoms with Crippen LogP contribution in [0.4, 0.5) is 17.1 Å². The van der Waals surface area contributed by atoms with Crippen molar-refractivity contribution in [3.63, 3.8) is 0 Å². The van der Waals surface area contributed by atoms with E-state index in [4.69, 9.17) is 0 Å². The molecule has 0 saturated heterocycles. The zero-order valence-electron chi connectivity index (χ0n) is 36.5. The molecule has 0 fully saturated rings. The van der Waals surface area contributed by atoms with Crippen LogP contribution in [0.1, 0.15) is 79.0 Å². The SMILES string of the molecule is CC(C)(C)c1cc(-c2ccc(C(C)(C)C)cc2N(c2ccccc2)c2ccc3ccc4c(-n5c6ccccc6c6ccccc65)ccc5ccc2c3c54)cc(C(C)(C)C)c1. The second kappa shape index (κ2) is 13.6. The molecule has 60 heavy (non-hydrogen) atoms. The van der Waals surface area contributed by atoms with E-state index < -0.39 is 0 Å². The van der Waals surface area contributed by atoms with Crippen molar-refractivity contribution in [2.45, 2.75) is 78.6 Å². The Morgan fingerprint density at radius 2 is 0.900 bits per heavy atom. The molecule has 0 amide bonds. The molecule has 0 unspecified atom stereocenters. The van der Waals surface area contributed by atoms with Gasteiger partial charge >= 0.3 is 0 Å². The van der Waals surface area contributed by atoms with Crippen molar-refractivity contribution in [1.82, 2.24) is 4.57 Å². The second-order valence-electron chi connectivity index (χ2n) is 19.9. The molecule has 0 radical (unpaired) electrons. The van der Waals surface area contributed by atoms with Crippen molar-refractivity contribution in [3.05, 3.63) is 180 Å². The minimum atomic E-state index is -0.0503. The normalized spacial score (nSPS) is 12.8. The molecule has 0 N–H and O–H groups in total. The maximum absolute atomic E-state index is 2.53. The Hall–Kier alpha value is -6.38. The standard InChI is InChI=1S/C58H54N2/c1-56(2,3)40-27-30-44(39-33-41(57(4,5)6)35-42(34-39)58(7,8)9)53(36-40)59(43-17-11-10-12-18-43)51-31-25-37-24-29-48-52(32-26-38-23-28-47(51)54(37)55(38)48)60-49-21-15-13-19-45(49)46-20-14-16-22-50(46)60/h10-36H,1-9H3. The first-order chi connectivity index (χ1) is 28.7. The van der Waals surface area contributed by atoms with Gasteiger partial charge in [-0.25, -0.2) is 0 Å². The smallest absolute Gasteiger partial charge is 0.0543 e. The van der Waals surface area contributed by atoms with Gasteiger partial charge in [0.1, 0.15) is 0 Å². The molecule has 0 spiro atoms. The summed E-state index contributed by atoms with van der Waals surface area (Å²) < 4.78 is 2.47. The Kier molecular flexibility index (Phi) is 8.57. The van der Waals surface area contributed by atoms with Gasteiger partial charge in [-0.2, -0.15) is 0 Å².